The SMILES string of the molecule is O=C(CCl)N1CCC2=C(CNc3ccccc32)C1C1C=CC=C(Cl)N=C1. The summed E-state index contributed by atoms with van der Waals surface area (Å²) in [6.45, 7) is 1.37. The lowest BCUT2D eigenvalue weighted by atomic mass is 9.80. The number of nitrogens with one attached hydrogen (secondary N) is 1. The molecule has 1 N–H and O–H groups in total. The molecule has 0 aromatic heterocycles. The number of fused-ring (bicyclic) bond motifs is 2. The monoisotopic (exact) mass is 387 g/mol. The van der Waals surface area contributed by atoms with Gasteiger partial charge in [0, 0.05) is 36.5 Å². The number of benzene rings is 1. The summed E-state index contributed by atoms with van der Waals surface area (Å²) in [4.78, 5) is 18.7. The third kappa shape index (κ3) is 3.08. The number of allylic oxidation sites excluding steroid dienone is 2. The molecule has 4 nitrogen and oxygen atoms in total. The third-order valence-electron chi connectivity index (χ3n) is 5.14. The lowest BCUT2D eigenvalue weighted by Gasteiger charge is -2.43. The fraction of sp³-hybridized carbons (Fsp3) is 0.300. The molecule has 2 atom stereocenters. The van der Waals surface area contributed by atoms with Crippen LogP contribution in [-0.4, -0.2) is 42.0 Å². The van der Waals surface area contributed by atoms with Crippen LogP contribution < -0.4 is 5.32 Å². The van der Waals surface area contributed by atoms with E-state index in [1.807, 2.05) is 23.3 Å². The number of carbonyl (C=O) groups excluding carboxylic acids is 1. The Morgan fingerprint density at radius 1 is 1.35 bits per heavy atom. The smallest absolute Gasteiger partial charge is 0.238 e. The molecular formula is C20H19Cl2N3O. The summed E-state index contributed by atoms with van der Waals surface area (Å²) < 4.78 is 0. The Balaban J connectivity index is 1.80. The molecule has 6 heteroatoms. The summed E-state index contributed by atoms with van der Waals surface area (Å²) in [6, 6.07) is 8.22. The van der Waals surface area contributed by atoms with Crippen molar-refractivity contribution in [3.8, 4) is 0 Å². The van der Waals surface area contributed by atoms with E-state index in [-0.39, 0.29) is 23.7 Å². The van der Waals surface area contributed by atoms with Crippen LogP contribution in [0, 0.1) is 5.92 Å². The zero-order chi connectivity index (χ0) is 18.1. The van der Waals surface area contributed by atoms with Gasteiger partial charge in [-0.3, -0.25) is 4.79 Å². The first-order chi connectivity index (χ1) is 12.7. The average molecular weight is 388 g/mol. The maximum Gasteiger partial charge on any atom is 0.238 e. The van der Waals surface area contributed by atoms with Crippen LogP contribution in [-0.2, 0) is 4.79 Å². The van der Waals surface area contributed by atoms with E-state index >= 15 is 0 Å². The van der Waals surface area contributed by atoms with Gasteiger partial charge < -0.3 is 10.2 Å². The summed E-state index contributed by atoms with van der Waals surface area (Å²) in [6.07, 6.45) is 8.38. The molecule has 3 aliphatic rings. The van der Waals surface area contributed by atoms with E-state index in [4.69, 9.17) is 23.2 Å². The lowest BCUT2D eigenvalue weighted by molar-refractivity contribution is -0.130. The van der Waals surface area contributed by atoms with Gasteiger partial charge in [-0.25, -0.2) is 4.99 Å². The summed E-state index contributed by atoms with van der Waals surface area (Å²) >= 11 is 11.9. The minimum absolute atomic E-state index is 0.0181. The van der Waals surface area contributed by atoms with Crippen LogP contribution >= 0.6 is 23.2 Å². The van der Waals surface area contributed by atoms with Gasteiger partial charge in [-0.2, -0.15) is 0 Å². The molecule has 1 aromatic carbocycles. The van der Waals surface area contributed by atoms with E-state index in [2.05, 4.69) is 34.6 Å². The van der Waals surface area contributed by atoms with Crippen LogP contribution in [0.15, 0.2) is 58.2 Å². The average Bonchev–Trinajstić information content (AvgIpc) is 2.90. The molecule has 1 aromatic rings. The maximum atomic E-state index is 12.5. The largest absolute Gasteiger partial charge is 0.381 e. The Bertz CT molecular complexity index is 856. The predicted octanol–water partition coefficient (Wildman–Crippen LogP) is 4.04. The zero-order valence-corrected chi connectivity index (χ0v) is 15.7. The molecule has 0 saturated heterocycles. The van der Waals surface area contributed by atoms with Gasteiger partial charge in [0.15, 0.2) is 0 Å². The Kier molecular flexibility index (Phi) is 4.88. The second-order valence-corrected chi connectivity index (χ2v) is 7.20. The number of amides is 1. The number of hydrogen-bond donors (Lipinski definition) is 1. The van der Waals surface area contributed by atoms with E-state index in [1.54, 1.807) is 6.08 Å². The van der Waals surface area contributed by atoms with E-state index < -0.39 is 0 Å². The first kappa shape index (κ1) is 17.4. The standard InChI is InChI=1S/C20H19Cl2N3O/c21-10-19(26)25-9-8-14-15-5-1-2-6-17(15)23-12-16(14)20(25)13-4-3-7-18(22)24-11-13/h1-7,11,13,20,23H,8-10,12H2. The highest BCUT2D eigenvalue weighted by molar-refractivity contribution is 6.30. The summed E-state index contributed by atoms with van der Waals surface area (Å²) in [5.74, 6) is -0.116. The fourth-order valence-electron chi connectivity index (χ4n) is 4.01. The number of carbonyl (C=O) groups is 1. The van der Waals surface area contributed by atoms with Gasteiger partial charge in [0.2, 0.25) is 5.91 Å². The Hall–Kier alpha value is -2.04. The lowest BCUT2D eigenvalue weighted by Crippen LogP contribution is -2.51. The number of halogens is 2. The fourth-order valence-corrected chi connectivity index (χ4v) is 4.29. The van der Waals surface area contributed by atoms with Gasteiger partial charge in [0.1, 0.15) is 11.0 Å². The normalized spacial score (nSPS) is 24.4. The van der Waals surface area contributed by atoms with Gasteiger partial charge in [0.05, 0.1) is 6.04 Å². The van der Waals surface area contributed by atoms with Crippen molar-refractivity contribution in [3.63, 3.8) is 0 Å². The van der Waals surface area contributed by atoms with E-state index in [0.717, 1.165) is 12.1 Å². The Labute approximate surface area is 162 Å². The molecule has 1 amide bonds. The molecule has 26 heavy (non-hydrogen) atoms. The van der Waals surface area contributed by atoms with E-state index in [0.29, 0.717) is 18.2 Å². The zero-order valence-electron chi connectivity index (χ0n) is 14.2. The molecule has 0 spiro atoms. The minimum Gasteiger partial charge on any atom is -0.381 e. The van der Waals surface area contributed by atoms with Crippen molar-refractivity contribution < 1.29 is 4.79 Å². The van der Waals surface area contributed by atoms with Crippen LogP contribution in [0.5, 0.6) is 0 Å². The highest BCUT2D eigenvalue weighted by Crippen LogP contribution is 2.40. The first-order valence-corrected chi connectivity index (χ1v) is 9.59. The number of nitrogens with zero attached hydrogens (tertiary/aromatic N) is 2. The van der Waals surface area contributed by atoms with Gasteiger partial charge in [-0.05, 0) is 29.7 Å². The van der Waals surface area contributed by atoms with Gasteiger partial charge in [0.25, 0.3) is 0 Å². The van der Waals surface area contributed by atoms with Crippen LogP contribution in [0.1, 0.15) is 12.0 Å². The highest BCUT2D eigenvalue weighted by Gasteiger charge is 2.38. The van der Waals surface area contributed by atoms with Crippen LogP contribution in [0.25, 0.3) is 5.57 Å². The van der Waals surface area contributed by atoms with Crippen molar-refractivity contribution in [3.05, 3.63) is 58.8 Å². The number of para-hydroxylation sites is 1. The molecule has 0 aliphatic carbocycles. The molecule has 3 aliphatic heterocycles. The number of aliphatic imine (C=N–C) groups is 1. The van der Waals surface area contributed by atoms with Crippen molar-refractivity contribution in [2.24, 2.45) is 10.9 Å². The molecule has 0 bridgehead atoms. The number of alkyl halides is 1. The van der Waals surface area contributed by atoms with Crippen molar-refractivity contribution in [1.29, 1.82) is 0 Å². The molecule has 0 radical (unpaired) electrons. The van der Waals surface area contributed by atoms with Crippen LogP contribution in [0.4, 0.5) is 5.69 Å². The molecule has 134 valence electrons. The van der Waals surface area contributed by atoms with Gasteiger partial charge in [-0.15, -0.1) is 11.6 Å². The highest BCUT2D eigenvalue weighted by atomic mass is 35.5. The number of anilines is 1. The Morgan fingerprint density at radius 3 is 3.04 bits per heavy atom. The number of hydrogen-bond acceptors (Lipinski definition) is 3. The minimum atomic E-state index is -0.109. The predicted molar refractivity (Wildman–Crippen MR) is 108 cm³/mol. The van der Waals surface area contributed by atoms with Crippen molar-refractivity contribution in [2.45, 2.75) is 12.5 Å². The second kappa shape index (κ2) is 7.29. The summed E-state index contributed by atoms with van der Waals surface area (Å²) in [5.41, 5.74) is 4.93. The van der Waals surface area contributed by atoms with Crippen LogP contribution in [0.2, 0.25) is 0 Å². The summed E-state index contributed by atoms with van der Waals surface area (Å²) in [7, 11) is 0. The molecular weight excluding hydrogens is 369 g/mol. The van der Waals surface area contributed by atoms with E-state index in [9.17, 15) is 4.79 Å². The quantitative estimate of drug-likeness (QED) is 0.614. The molecule has 4 rings (SSSR count). The molecule has 0 saturated carbocycles. The van der Waals surface area contributed by atoms with Crippen molar-refractivity contribution in [1.82, 2.24) is 4.90 Å². The third-order valence-corrected chi connectivity index (χ3v) is 5.59. The van der Waals surface area contributed by atoms with Gasteiger partial charge >= 0.3 is 0 Å². The van der Waals surface area contributed by atoms with Crippen molar-refractivity contribution in [2.75, 3.05) is 24.3 Å². The van der Waals surface area contributed by atoms with Crippen molar-refractivity contribution >= 4 is 46.6 Å². The maximum absolute atomic E-state index is 12.5. The van der Waals surface area contributed by atoms with Crippen LogP contribution in [0.3, 0.4) is 0 Å². The second-order valence-electron chi connectivity index (χ2n) is 6.55. The molecule has 0 fully saturated rings. The molecule has 3 heterocycles. The van der Waals surface area contributed by atoms with Gasteiger partial charge in [-0.1, -0.05) is 42.0 Å². The molecule has 2 unspecified atom stereocenters. The van der Waals surface area contributed by atoms with E-state index in [1.165, 1.54) is 16.7 Å². The first-order valence-electron chi connectivity index (χ1n) is 8.68. The topological polar surface area (TPSA) is 44.7 Å². The summed E-state index contributed by atoms with van der Waals surface area (Å²) in [5, 5.41) is 3.94. The number of rotatable bonds is 2. The Morgan fingerprint density at radius 2 is 2.19 bits per heavy atom.